The fraction of sp³-hybridized carbons (Fsp3) is 0.417. The number of carbonyl (C=O) groups excluding carboxylic acids is 1. The Morgan fingerprint density at radius 3 is 2.63 bits per heavy atom. The summed E-state index contributed by atoms with van der Waals surface area (Å²) in [4.78, 5) is 11.3. The Morgan fingerprint density at radius 1 is 1.37 bits per heavy atom. The molecule has 0 N–H and O–H groups in total. The van der Waals surface area contributed by atoms with E-state index in [9.17, 15) is 18.0 Å². The third-order valence-electron chi connectivity index (χ3n) is 2.09. The highest BCUT2D eigenvalue weighted by molar-refractivity contribution is 9.10. The van der Waals surface area contributed by atoms with E-state index in [1.807, 2.05) is 0 Å². The van der Waals surface area contributed by atoms with Crippen LogP contribution in [-0.4, -0.2) is 18.1 Å². The minimum atomic E-state index is -4.32. The Bertz CT molecular complexity index is 449. The number of hydrogen-bond donors (Lipinski definition) is 0. The minimum Gasteiger partial charge on any atom is -0.466 e. The van der Waals surface area contributed by atoms with Gasteiger partial charge in [-0.2, -0.15) is 13.2 Å². The van der Waals surface area contributed by atoms with Gasteiger partial charge >= 0.3 is 11.5 Å². The van der Waals surface area contributed by atoms with Gasteiger partial charge in [0.25, 0.3) is 0 Å². The molecule has 0 aliphatic heterocycles. The van der Waals surface area contributed by atoms with Gasteiger partial charge in [0.05, 0.1) is 6.61 Å². The number of aryl methyl sites for hydroxylation is 1. The number of esters is 1. The Hall–Kier alpha value is -0.690. The first-order valence-electron chi connectivity index (χ1n) is 5.51. The fourth-order valence-corrected chi connectivity index (χ4v) is 2.79. The van der Waals surface area contributed by atoms with Crippen molar-refractivity contribution in [2.45, 2.75) is 30.2 Å². The zero-order valence-electron chi connectivity index (χ0n) is 10.1. The number of rotatable bonds is 5. The van der Waals surface area contributed by atoms with E-state index in [0.29, 0.717) is 23.1 Å². The van der Waals surface area contributed by atoms with Gasteiger partial charge in [-0.25, -0.2) is 0 Å². The lowest BCUT2D eigenvalue weighted by molar-refractivity contribution is -0.143. The first kappa shape index (κ1) is 16.4. The smallest absolute Gasteiger partial charge is 0.446 e. The standard InChI is InChI=1S/C12H12BrF3O2S/c1-2-18-11(17)4-3-8-5-9(13)7-10(6-8)19-12(14,15)16/h5-7H,2-4H2,1H3. The predicted octanol–water partition coefficient (Wildman–Crippen LogP) is 4.56. The summed E-state index contributed by atoms with van der Waals surface area (Å²) in [6.07, 6.45) is 0.504. The van der Waals surface area contributed by atoms with Crippen molar-refractivity contribution in [2.75, 3.05) is 6.61 Å². The van der Waals surface area contributed by atoms with E-state index in [4.69, 9.17) is 4.74 Å². The van der Waals surface area contributed by atoms with Crippen molar-refractivity contribution < 1.29 is 22.7 Å². The quantitative estimate of drug-likeness (QED) is 0.571. The predicted molar refractivity (Wildman–Crippen MR) is 71.0 cm³/mol. The molecule has 0 aromatic heterocycles. The third-order valence-corrected chi connectivity index (χ3v) is 3.25. The summed E-state index contributed by atoms with van der Waals surface area (Å²) in [5, 5.41) is 0. The molecule has 0 fully saturated rings. The molecule has 0 atom stereocenters. The van der Waals surface area contributed by atoms with E-state index in [2.05, 4.69) is 15.9 Å². The summed E-state index contributed by atoms with van der Waals surface area (Å²) in [6.45, 7) is 2.00. The van der Waals surface area contributed by atoms with Gasteiger partial charge in [0.1, 0.15) is 0 Å². The van der Waals surface area contributed by atoms with E-state index in [1.54, 1.807) is 13.0 Å². The van der Waals surface area contributed by atoms with Gasteiger partial charge in [-0.15, -0.1) is 0 Å². The van der Waals surface area contributed by atoms with Crippen LogP contribution in [0.15, 0.2) is 27.6 Å². The normalized spacial score (nSPS) is 11.4. The fourth-order valence-electron chi connectivity index (χ4n) is 1.44. The summed E-state index contributed by atoms with van der Waals surface area (Å²) < 4.78 is 42.2. The first-order chi connectivity index (χ1) is 8.80. The highest BCUT2D eigenvalue weighted by atomic mass is 79.9. The molecule has 0 bridgehead atoms. The van der Waals surface area contributed by atoms with Gasteiger partial charge < -0.3 is 4.74 Å². The maximum atomic E-state index is 12.3. The minimum absolute atomic E-state index is 0.0979. The van der Waals surface area contributed by atoms with Gasteiger partial charge in [-0.05, 0) is 48.9 Å². The molecule has 1 rings (SSSR count). The zero-order chi connectivity index (χ0) is 14.5. The number of carbonyl (C=O) groups is 1. The molecule has 0 aliphatic carbocycles. The number of thioether (sulfide) groups is 1. The van der Waals surface area contributed by atoms with Crippen molar-refractivity contribution >= 4 is 33.7 Å². The summed E-state index contributed by atoms with van der Waals surface area (Å²) >= 11 is 2.99. The molecule has 0 saturated heterocycles. The Morgan fingerprint density at radius 2 is 2.05 bits per heavy atom. The average molecular weight is 357 g/mol. The molecule has 7 heteroatoms. The molecule has 106 valence electrons. The Balaban J connectivity index is 2.71. The molecule has 0 aliphatic rings. The molecule has 2 nitrogen and oxygen atoms in total. The second-order valence-electron chi connectivity index (χ2n) is 3.65. The lowest BCUT2D eigenvalue weighted by atomic mass is 10.1. The molecule has 19 heavy (non-hydrogen) atoms. The molecule has 0 amide bonds. The van der Waals surface area contributed by atoms with Gasteiger partial charge in [0.15, 0.2) is 0 Å². The van der Waals surface area contributed by atoms with Crippen LogP contribution in [0.2, 0.25) is 0 Å². The molecule has 0 unspecified atom stereocenters. The number of ether oxygens (including phenoxy) is 1. The second kappa shape index (κ2) is 7.19. The number of hydrogen-bond acceptors (Lipinski definition) is 3. The summed E-state index contributed by atoms with van der Waals surface area (Å²) in [6, 6.07) is 4.52. The van der Waals surface area contributed by atoms with Gasteiger partial charge in [-0.3, -0.25) is 4.79 Å². The van der Waals surface area contributed by atoms with Crippen molar-refractivity contribution in [3.8, 4) is 0 Å². The van der Waals surface area contributed by atoms with Crippen LogP contribution in [0.1, 0.15) is 18.9 Å². The SMILES string of the molecule is CCOC(=O)CCc1cc(Br)cc(SC(F)(F)F)c1. The largest absolute Gasteiger partial charge is 0.466 e. The molecule has 1 aromatic carbocycles. The number of halogens is 4. The van der Waals surface area contributed by atoms with Crippen LogP contribution < -0.4 is 0 Å². The lowest BCUT2D eigenvalue weighted by Crippen LogP contribution is -2.05. The van der Waals surface area contributed by atoms with Crippen LogP contribution >= 0.6 is 27.7 Å². The van der Waals surface area contributed by atoms with Crippen molar-refractivity contribution in [3.05, 3.63) is 28.2 Å². The maximum absolute atomic E-state index is 12.3. The van der Waals surface area contributed by atoms with E-state index in [1.165, 1.54) is 12.1 Å². The summed E-state index contributed by atoms with van der Waals surface area (Å²) in [5.41, 5.74) is -3.66. The molecule has 0 saturated carbocycles. The molecule has 0 spiro atoms. The van der Waals surface area contributed by atoms with Crippen molar-refractivity contribution in [2.24, 2.45) is 0 Å². The highest BCUT2D eigenvalue weighted by Crippen LogP contribution is 2.38. The van der Waals surface area contributed by atoms with Crippen LogP contribution in [0.4, 0.5) is 13.2 Å². The summed E-state index contributed by atoms with van der Waals surface area (Å²) in [5.74, 6) is -0.354. The molecule has 1 aromatic rings. The van der Waals surface area contributed by atoms with Gasteiger partial charge in [-0.1, -0.05) is 15.9 Å². The Kier molecular flexibility index (Phi) is 6.19. The third kappa shape index (κ3) is 6.87. The van der Waals surface area contributed by atoms with Crippen LogP contribution in [0, 0.1) is 0 Å². The topological polar surface area (TPSA) is 26.3 Å². The molecule has 0 heterocycles. The van der Waals surface area contributed by atoms with E-state index in [-0.39, 0.29) is 29.0 Å². The van der Waals surface area contributed by atoms with Crippen LogP contribution in [0.25, 0.3) is 0 Å². The van der Waals surface area contributed by atoms with Crippen molar-refractivity contribution in [1.29, 1.82) is 0 Å². The van der Waals surface area contributed by atoms with E-state index < -0.39 is 5.51 Å². The Labute approximate surface area is 121 Å². The molecule has 0 radical (unpaired) electrons. The average Bonchev–Trinajstić information content (AvgIpc) is 2.23. The molecular weight excluding hydrogens is 345 g/mol. The molecular formula is C12H12BrF3O2S. The van der Waals surface area contributed by atoms with Crippen LogP contribution in [0.3, 0.4) is 0 Å². The van der Waals surface area contributed by atoms with E-state index in [0.717, 1.165) is 0 Å². The second-order valence-corrected chi connectivity index (χ2v) is 5.70. The van der Waals surface area contributed by atoms with Crippen molar-refractivity contribution in [3.63, 3.8) is 0 Å². The highest BCUT2D eigenvalue weighted by Gasteiger charge is 2.29. The van der Waals surface area contributed by atoms with Crippen LogP contribution in [-0.2, 0) is 16.0 Å². The number of alkyl halides is 3. The lowest BCUT2D eigenvalue weighted by Gasteiger charge is -2.08. The summed E-state index contributed by atoms with van der Waals surface area (Å²) in [7, 11) is 0. The maximum Gasteiger partial charge on any atom is 0.446 e. The number of benzene rings is 1. The van der Waals surface area contributed by atoms with Gasteiger partial charge in [0, 0.05) is 15.8 Å². The zero-order valence-corrected chi connectivity index (χ0v) is 12.5. The van der Waals surface area contributed by atoms with Crippen molar-refractivity contribution in [1.82, 2.24) is 0 Å². The van der Waals surface area contributed by atoms with E-state index >= 15 is 0 Å². The van der Waals surface area contributed by atoms with Crippen LogP contribution in [0.5, 0.6) is 0 Å². The monoisotopic (exact) mass is 356 g/mol. The first-order valence-corrected chi connectivity index (χ1v) is 7.12. The van der Waals surface area contributed by atoms with Gasteiger partial charge in [0.2, 0.25) is 0 Å².